The van der Waals surface area contributed by atoms with Gasteiger partial charge in [-0.2, -0.15) is 13.2 Å². The van der Waals surface area contributed by atoms with Crippen molar-refractivity contribution in [3.63, 3.8) is 0 Å². The number of halogens is 3. The molecular formula is C20H19F3N2O2. The molecule has 7 heteroatoms. The molecule has 4 nitrogen and oxygen atoms in total. The van der Waals surface area contributed by atoms with Gasteiger partial charge >= 0.3 is 6.18 Å². The number of nitrogens with zero attached hydrogens (tertiary/aromatic N) is 1. The molecule has 27 heavy (non-hydrogen) atoms. The summed E-state index contributed by atoms with van der Waals surface area (Å²) >= 11 is 0. The van der Waals surface area contributed by atoms with Gasteiger partial charge in [-0.25, -0.2) is 0 Å². The van der Waals surface area contributed by atoms with Gasteiger partial charge in [-0.15, -0.1) is 0 Å². The summed E-state index contributed by atoms with van der Waals surface area (Å²) in [5, 5.41) is 2.72. The molecule has 142 valence electrons. The highest BCUT2D eigenvalue weighted by Gasteiger charge is 2.34. The van der Waals surface area contributed by atoms with Crippen molar-refractivity contribution in [1.82, 2.24) is 10.2 Å². The van der Waals surface area contributed by atoms with Gasteiger partial charge in [0.15, 0.2) is 0 Å². The van der Waals surface area contributed by atoms with Crippen LogP contribution in [0, 0.1) is 0 Å². The maximum Gasteiger partial charge on any atom is 0.417 e. The number of carbonyl (C=O) groups is 2. The summed E-state index contributed by atoms with van der Waals surface area (Å²) < 4.78 is 39.9. The van der Waals surface area contributed by atoms with Crippen molar-refractivity contribution in [2.75, 3.05) is 13.1 Å². The van der Waals surface area contributed by atoms with Crippen molar-refractivity contribution < 1.29 is 22.8 Å². The maximum atomic E-state index is 13.3. The van der Waals surface area contributed by atoms with Crippen LogP contribution in [-0.4, -0.2) is 35.8 Å². The van der Waals surface area contributed by atoms with Crippen LogP contribution >= 0.6 is 0 Å². The minimum Gasteiger partial charge on any atom is -0.353 e. The van der Waals surface area contributed by atoms with E-state index in [1.807, 2.05) is 6.92 Å². The molecule has 1 fully saturated rings. The topological polar surface area (TPSA) is 49.4 Å². The summed E-state index contributed by atoms with van der Waals surface area (Å²) in [4.78, 5) is 26.4. The van der Waals surface area contributed by atoms with E-state index in [0.29, 0.717) is 25.1 Å². The second-order valence-corrected chi connectivity index (χ2v) is 6.34. The number of nitrogens with one attached hydrogen (secondary N) is 1. The lowest BCUT2D eigenvalue weighted by atomic mass is 9.97. The Morgan fingerprint density at radius 1 is 1.19 bits per heavy atom. The smallest absolute Gasteiger partial charge is 0.353 e. The zero-order valence-corrected chi connectivity index (χ0v) is 14.7. The molecule has 1 N–H and O–H groups in total. The molecule has 2 aromatic rings. The largest absolute Gasteiger partial charge is 0.417 e. The molecule has 1 unspecified atom stereocenters. The number of benzene rings is 2. The highest BCUT2D eigenvalue weighted by Crippen LogP contribution is 2.37. The third-order valence-corrected chi connectivity index (χ3v) is 4.63. The summed E-state index contributed by atoms with van der Waals surface area (Å²) in [5.74, 6) is -0.571. The number of carbonyl (C=O) groups excluding carboxylic acids is 2. The average Bonchev–Trinajstić information content (AvgIpc) is 2.66. The summed E-state index contributed by atoms with van der Waals surface area (Å²) in [6.07, 6.45) is -4.02. The van der Waals surface area contributed by atoms with Crippen LogP contribution in [0.15, 0.2) is 48.5 Å². The van der Waals surface area contributed by atoms with Gasteiger partial charge in [0.25, 0.3) is 5.91 Å². The van der Waals surface area contributed by atoms with Crippen LogP contribution in [0.3, 0.4) is 0 Å². The Morgan fingerprint density at radius 2 is 1.93 bits per heavy atom. The molecule has 2 amide bonds. The highest BCUT2D eigenvalue weighted by molar-refractivity contribution is 5.99. The minimum atomic E-state index is -4.49. The second-order valence-electron chi connectivity index (χ2n) is 6.34. The summed E-state index contributed by atoms with van der Waals surface area (Å²) in [7, 11) is 0. The van der Waals surface area contributed by atoms with Gasteiger partial charge in [-0.3, -0.25) is 9.59 Å². The summed E-state index contributed by atoms with van der Waals surface area (Å²) in [6, 6.07) is 10.8. The zero-order valence-electron chi connectivity index (χ0n) is 14.7. The van der Waals surface area contributed by atoms with E-state index in [4.69, 9.17) is 0 Å². The molecule has 0 aromatic heterocycles. The predicted octanol–water partition coefficient (Wildman–Crippen LogP) is 3.72. The summed E-state index contributed by atoms with van der Waals surface area (Å²) in [6.45, 7) is 2.54. The third-order valence-electron chi connectivity index (χ3n) is 4.63. The minimum absolute atomic E-state index is 0.0167. The quantitative estimate of drug-likeness (QED) is 0.888. The Labute approximate surface area is 155 Å². The molecule has 3 rings (SSSR count). The molecule has 0 spiro atoms. The van der Waals surface area contributed by atoms with E-state index in [1.165, 1.54) is 29.2 Å². The standard InChI is InChI=1S/C20H19F3N2O2/c1-2-17-18(26)24-10-11-25(17)19(27)14-7-5-6-13(12-14)15-8-3-4-9-16(15)20(21,22)23/h3-9,12,17H,2,10-11H2,1H3,(H,24,26). The Hall–Kier alpha value is -2.83. The molecule has 1 aliphatic heterocycles. The fourth-order valence-electron chi connectivity index (χ4n) is 3.33. The maximum absolute atomic E-state index is 13.3. The lowest BCUT2D eigenvalue weighted by Gasteiger charge is -2.34. The van der Waals surface area contributed by atoms with Crippen LogP contribution in [0.25, 0.3) is 11.1 Å². The Morgan fingerprint density at radius 3 is 2.63 bits per heavy atom. The molecule has 1 saturated heterocycles. The zero-order chi connectivity index (χ0) is 19.6. The Bertz CT molecular complexity index is 864. The van der Waals surface area contributed by atoms with Gasteiger partial charge in [0.1, 0.15) is 6.04 Å². The van der Waals surface area contributed by atoms with E-state index in [1.54, 1.807) is 18.2 Å². The first kappa shape index (κ1) is 18.9. The van der Waals surface area contributed by atoms with Crippen molar-refractivity contribution in [3.05, 3.63) is 59.7 Å². The highest BCUT2D eigenvalue weighted by atomic mass is 19.4. The van der Waals surface area contributed by atoms with Gasteiger partial charge in [0, 0.05) is 18.7 Å². The summed E-state index contributed by atoms with van der Waals surface area (Å²) in [5.41, 5.74) is -0.164. The normalized spacial score (nSPS) is 17.6. The van der Waals surface area contributed by atoms with Crippen LogP contribution in [-0.2, 0) is 11.0 Å². The molecule has 0 saturated carbocycles. The lowest BCUT2D eigenvalue weighted by Crippen LogP contribution is -2.56. The third kappa shape index (κ3) is 3.82. The first-order valence-corrected chi connectivity index (χ1v) is 8.68. The molecule has 0 radical (unpaired) electrons. The first-order valence-electron chi connectivity index (χ1n) is 8.68. The molecule has 1 atom stereocenters. The van der Waals surface area contributed by atoms with Crippen molar-refractivity contribution in [1.29, 1.82) is 0 Å². The number of piperazine rings is 1. The van der Waals surface area contributed by atoms with E-state index in [0.717, 1.165) is 6.07 Å². The van der Waals surface area contributed by atoms with Crippen molar-refractivity contribution >= 4 is 11.8 Å². The van der Waals surface area contributed by atoms with E-state index < -0.39 is 17.8 Å². The van der Waals surface area contributed by atoms with E-state index >= 15 is 0 Å². The van der Waals surface area contributed by atoms with Crippen LogP contribution in [0.2, 0.25) is 0 Å². The van der Waals surface area contributed by atoms with Gasteiger partial charge in [0.2, 0.25) is 5.91 Å². The Kier molecular flexibility index (Phi) is 5.21. The van der Waals surface area contributed by atoms with E-state index in [-0.39, 0.29) is 22.9 Å². The molecule has 1 heterocycles. The fraction of sp³-hybridized carbons (Fsp3) is 0.300. The molecule has 2 aromatic carbocycles. The average molecular weight is 376 g/mol. The van der Waals surface area contributed by atoms with Gasteiger partial charge in [-0.1, -0.05) is 37.3 Å². The van der Waals surface area contributed by atoms with Crippen molar-refractivity contribution in [3.8, 4) is 11.1 Å². The second kappa shape index (κ2) is 7.42. The van der Waals surface area contributed by atoms with Crippen molar-refractivity contribution in [2.24, 2.45) is 0 Å². The lowest BCUT2D eigenvalue weighted by molar-refractivity contribution is -0.137. The number of hydrogen-bond donors (Lipinski definition) is 1. The van der Waals surface area contributed by atoms with E-state index in [2.05, 4.69) is 5.32 Å². The monoisotopic (exact) mass is 376 g/mol. The number of amides is 2. The number of hydrogen-bond acceptors (Lipinski definition) is 2. The first-order chi connectivity index (χ1) is 12.8. The van der Waals surface area contributed by atoms with Crippen LogP contribution in [0.5, 0.6) is 0 Å². The fourth-order valence-corrected chi connectivity index (χ4v) is 3.33. The Balaban J connectivity index is 1.97. The molecule has 0 bridgehead atoms. The molecule has 1 aliphatic rings. The van der Waals surface area contributed by atoms with Gasteiger partial charge in [0.05, 0.1) is 5.56 Å². The van der Waals surface area contributed by atoms with Crippen LogP contribution < -0.4 is 5.32 Å². The van der Waals surface area contributed by atoms with Gasteiger partial charge in [-0.05, 0) is 35.7 Å². The number of alkyl halides is 3. The van der Waals surface area contributed by atoms with E-state index in [9.17, 15) is 22.8 Å². The molecular weight excluding hydrogens is 357 g/mol. The molecule has 0 aliphatic carbocycles. The van der Waals surface area contributed by atoms with Crippen molar-refractivity contribution in [2.45, 2.75) is 25.6 Å². The van der Waals surface area contributed by atoms with Crippen LogP contribution in [0.1, 0.15) is 29.3 Å². The predicted molar refractivity (Wildman–Crippen MR) is 95.0 cm³/mol. The van der Waals surface area contributed by atoms with Crippen LogP contribution in [0.4, 0.5) is 13.2 Å². The number of rotatable bonds is 3. The SMILES string of the molecule is CCC1C(=O)NCCN1C(=O)c1cccc(-c2ccccc2C(F)(F)F)c1. The van der Waals surface area contributed by atoms with Gasteiger partial charge < -0.3 is 10.2 Å².